The molecule has 0 aliphatic carbocycles. The van der Waals surface area contributed by atoms with Gasteiger partial charge in [0, 0.05) is 37.2 Å². The summed E-state index contributed by atoms with van der Waals surface area (Å²) in [6, 6.07) is 6.65. The van der Waals surface area contributed by atoms with Gasteiger partial charge < -0.3 is 26.1 Å². The highest BCUT2D eigenvalue weighted by atomic mass is 19.1. The van der Waals surface area contributed by atoms with Crippen LogP contribution in [0.1, 0.15) is 30.9 Å². The van der Waals surface area contributed by atoms with Crippen LogP contribution in [0.5, 0.6) is 5.75 Å². The molecule has 1 aliphatic rings. The molecule has 4 N–H and O–H groups in total. The molecule has 3 rings (SSSR count). The van der Waals surface area contributed by atoms with Crippen molar-refractivity contribution in [2.45, 2.75) is 19.8 Å². The Bertz CT molecular complexity index is 1110. The molecule has 9 heteroatoms. The molecule has 0 radical (unpaired) electrons. The van der Waals surface area contributed by atoms with Gasteiger partial charge in [0.25, 0.3) is 0 Å². The third kappa shape index (κ3) is 5.74. The number of ether oxygens (including phenoxy) is 1. The van der Waals surface area contributed by atoms with Crippen LogP contribution in [0.2, 0.25) is 0 Å². The molecule has 0 saturated carbocycles. The molecule has 0 atom stereocenters. The van der Waals surface area contributed by atoms with Gasteiger partial charge in [-0.1, -0.05) is 12.1 Å². The zero-order valence-electron chi connectivity index (χ0n) is 18.5. The van der Waals surface area contributed by atoms with E-state index in [0.717, 1.165) is 6.07 Å². The van der Waals surface area contributed by atoms with Crippen LogP contribution in [0.4, 0.5) is 20.2 Å². The topological polar surface area (TPSA) is 109 Å². The average Bonchev–Trinajstić information content (AvgIpc) is 2.80. The number of amides is 2. The monoisotopic (exact) mass is 456 g/mol. The van der Waals surface area contributed by atoms with E-state index in [1.54, 1.807) is 11.0 Å². The molecule has 2 aromatic carbocycles. The number of methoxy groups -OCH3 is 1. The number of piperidine rings is 1. The maximum absolute atomic E-state index is 14.5. The number of nitrogens with two attached hydrogens (primary N) is 1. The number of nitrogens with one attached hydrogen (secondary N) is 2. The number of nitrogens with zero attached hydrogens (tertiary/aromatic N) is 1. The fourth-order valence-electron chi connectivity index (χ4n) is 3.66. The van der Waals surface area contributed by atoms with Crippen LogP contribution in [0.25, 0.3) is 6.08 Å². The second-order valence-corrected chi connectivity index (χ2v) is 7.83. The Morgan fingerprint density at radius 1 is 1.18 bits per heavy atom. The summed E-state index contributed by atoms with van der Waals surface area (Å²) in [6.45, 7) is 2.45. The van der Waals surface area contributed by atoms with Crippen LogP contribution in [0.15, 0.2) is 36.4 Å². The molecule has 1 aliphatic heterocycles. The summed E-state index contributed by atoms with van der Waals surface area (Å²) in [6.07, 6.45) is 4.01. The molecule has 2 amide bonds. The summed E-state index contributed by atoms with van der Waals surface area (Å²) in [5.74, 6) is -1.84. The van der Waals surface area contributed by atoms with Gasteiger partial charge in [0.15, 0.2) is 11.6 Å². The molecular weight excluding hydrogens is 430 g/mol. The normalized spacial score (nSPS) is 14.4. The van der Waals surface area contributed by atoms with Gasteiger partial charge in [0.1, 0.15) is 5.82 Å². The predicted molar refractivity (Wildman–Crippen MR) is 123 cm³/mol. The zero-order chi connectivity index (χ0) is 24.1. The van der Waals surface area contributed by atoms with Gasteiger partial charge in [-0.15, -0.1) is 0 Å². The lowest BCUT2D eigenvalue weighted by Crippen LogP contribution is -2.40. The molecule has 0 aromatic heterocycles. The number of likely N-dealkylation sites (tertiary alicyclic amines) is 1. The van der Waals surface area contributed by atoms with Crippen LogP contribution < -0.4 is 15.8 Å². The van der Waals surface area contributed by atoms with Crippen LogP contribution in [-0.4, -0.2) is 42.6 Å². The van der Waals surface area contributed by atoms with Crippen molar-refractivity contribution in [2.75, 3.05) is 31.2 Å². The maximum Gasteiger partial charge on any atom is 0.227 e. The Morgan fingerprint density at radius 2 is 1.88 bits per heavy atom. The molecule has 1 heterocycles. The highest BCUT2D eigenvalue weighted by molar-refractivity contribution is 6.12. The minimum atomic E-state index is -0.703. The van der Waals surface area contributed by atoms with Crippen molar-refractivity contribution in [1.82, 2.24) is 4.90 Å². The first kappa shape index (κ1) is 23.9. The summed E-state index contributed by atoms with van der Waals surface area (Å²) >= 11 is 0. The Kier molecular flexibility index (Phi) is 7.42. The van der Waals surface area contributed by atoms with Gasteiger partial charge in [-0.3, -0.25) is 9.59 Å². The van der Waals surface area contributed by atoms with E-state index in [4.69, 9.17) is 15.9 Å². The second-order valence-electron chi connectivity index (χ2n) is 7.83. The summed E-state index contributed by atoms with van der Waals surface area (Å²) in [7, 11) is 1.36. The van der Waals surface area contributed by atoms with Crippen LogP contribution in [0, 0.1) is 23.0 Å². The number of nitrogen functional groups attached to an aromatic ring is 1. The van der Waals surface area contributed by atoms with Gasteiger partial charge in [0.2, 0.25) is 11.8 Å². The van der Waals surface area contributed by atoms with E-state index >= 15 is 0 Å². The number of anilines is 2. The molecule has 2 aromatic rings. The Hall–Kier alpha value is -3.75. The molecule has 33 heavy (non-hydrogen) atoms. The first-order valence-corrected chi connectivity index (χ1v) is 10.5. The molecule has 0 spiro atoms. The summed E-state index contributed by atoms with van der Waals surface area (Å²) in [5, 5.41) is 10.9. The van der Waals surface area contributed by atoms with Crippen molar-refractivity contribution in [3.63, 3.8) is 0 Å². The number of carbonyl (C=O) groups excluding carboxylic acids is 2. The van der Waals surface area contributed by atoms with Crippen molar-refractivity contribution in [1.29, 1.82) is 5.41 Å². The van der Waals surface area contributed by atoms with Gasteiger partial charge >= 0.3 is 0 Å². The number of allylic oxidation sites excluding steroid dienone is 1. The lowest BCUT2D eigenvalue weighted by atomic mass is 9.95. The highest BCUT2D eigenvalue weighted by Gasteiger charge is 2.26. The fourth-order valence-corrected chi connectivity index (χ4v) is 3.66. The second kappa shape index (κ2) is 10.2. The van der Waals surface area contributed by atoms with E-state index in [9.17, 15) is 18.4 Å². The predicted octanol–water partition coefficient (Wildman–Crippen LogP) is 3.83. The first-order valence-electron chi connectivity index (χ1n) is 10.5. The van der Waals surface area contributed by atoms with Gasteiger partial charge in [0.05, 0.1) is 18.5 Å². The first-order chi connectivity index (χ1) is 15.7. The molecule has 174 valence electrons. The molecule has 1 fully saturated rings. The minimum Gasteiger partial charge on any atom is -0.494 e. The number of carbonyl (C=O) groups is 2. The summed E-state index contributed by atoms with van der Waals surface area (Å²) in [4.78, 5) is 25.8. The summed E-state index contributed by atoms with van der Waals surface area (Å²) < 4.78 is 33.0. The molecule has 0 bridgehead atoms. The van der Waals surface area contributed by atoms with Crippen molar-refractivity contribution < 1.29 is 23.1 Å². The van der Waals surface area contributed by atoms with E-state index in [0.29, 0.717) is 31.5 Å². The quantitative estimate of drug-likeness (QED) is 0.453. The van der Waals surface area contributed by atoms with Gasteiger partial charge in [-0.05, 0) is 48.7 Å². The minimum absolute atomic E-state index is 0.0129. The lowest BCUT2D eigenvalue weighted by Gasteiger charge is -2.30. The standard InChI is InChI=1S/C24H26F2N4O3/c1-14(31)30-9-7-16(8-10-30)24(32)29-22-12-17(21(28)13-19(22)26)20(27)6-4-15-3-5-18(25)23(11-15)33-2/h3-6,11-13,16,27H,7-10,28H2,1-2H3,(H,29,32)/b6-4+,27-20?. The van der Waals surface area contributed by atoms with E-state index in [2.05, 4.69) is 5.32 Å². The van der Waals surface area contributed by atoms with E-state index in [1.165, 1.54) is 44.4 Å². The Morgan fingerprint density at radius 3 is 2.52 bits per heavy atom. The molecular formula is C24H26F2N4O3. The van der Waals surface area contributed by atoms with Crippen molar-refractivity contribution >= 4 is 35.0 Å². The van der Waals surface area contributed by atoms with Crippen LogP contribution in [-0.2, 0) is 9.59 Å². The maximum atomic E-state index is 14.5. The van der Waals surface area contributed by atoms with Gasteiger partial charge in [-0.25, -0.2) is 8.78 Å². The molecule has 0 unspecified atom stereocenters. The summed E-state index contributed by atoms with van der Waals surface area (Å²) in [5.41, 5.74) is 6.71. The van der Waals surface area contributed by atoms with Crippen molar-refractivity contribution in [3.05, 3.63) is 59.2 Å². The number of halogens is 2. The van der Waals surface area contributed by atoms with Crippen LogP contribution >= 0.6 is 0 Å². The van der Waals surface area contributed by atoms with E-state index in [1.807, 2.05) is 0 Å². The third-order valence-electron chi connectivity index (χ3n) is 5.62. The van der Waals surface area contributed by atoms with Gasteiger partial charge in [-0.2, -0.15) is 0 Å². The van der Waals surface area contributed by atoms with E-state index < -0.39 is 11.6 Å². The third-order valence-corrected chi connectivity index (χ3v) is 5.62. The fraction of sp³-hybridized carbons (Fsp3) is 0.292. The Balaban J connectivity index is 1.73. The number of hydrogen-bond acceptors (Lipinski definition) is 5. The average molecular weight is 456 g/mol. The lowest BCUT2D eigenvalue weighted by molar-refractivity contribution is -0.132. The van der Waals surface area contributed by atoms with Crippen LogP contribution in [0.3, 0.4) is 0 Å². The zero-order valence-corrected chi connectivity index (χ0v) is 18.5. The highest BCUT2D eigenvalue weighted by Crippen LogP contribution is 2.26. The van der Waals surface area contributed by atoms with Crippen molar-refractivity contribution in [2.24, 2.45) is 5.92 Å². The number of rotatable bonds is 6. The smallest absolute Gasteiger partial charge is 0.227 e. The largest absolute Gasteiger partial charge is 0.494 e. The van der Waals surface area contributed by atoms with Crippen molar-refractivity contribution in [3.8, 4) is 5.75 Å². The van der Waals surface area contributed by atoms with E-state index in [-0.39, 0.29) is 46.1 Å². The Labute approximate surface area is 190 Å². The molecule has 7 nitrogen and oxygen atoms in total. The SMILES string of the molecule is COc1cc(/C=C/C(=N)c2cc(NC(=O)C3CCN(C(C)=O)CC3)c(F)cc2N)ccc1F. The number of benzene rings is 2. The number of hydrogen-bond donors (Lipinski definition) is 3. The molecule has 1 saturated heterocycles.